The van der Waals surface area contributed by atoms with Crippen LogP contribution in [-0.2, 0) is 11.2 Å². The van der Waals surface area contributed by atoms with E-state index in [1.54, 1.807) is 24.6 Å². The Hall–Kier alpha value is -2.47. The van der Waals surface area contributed by atoms with Gasteiger partial charge in [-0.2, -0.15) is 0 Å². The van der Waals surface area contributed by atoms with Crippen LogP contribution >= 0.6 is 11.3 Å². The SMILES string of the molecule is CC(=O)N1CCc2cc(Nc3ncnc4sccc34)ccc21. The Morgan fingerprint density at radius 2 is 2.23 bits per heavy atom. The molecule has 3 heterocycles. The van der Waals surface area contributed by atoms with Gasteiger partial charge in [0.15, 0.2) is 0 Å². The van der Waals surface area contributed by atoms with Crippen LogP contribution < -0.4 is 10.2 Å². The van der Waals surface area contributed by atoms with Crippen LogP contribution in [0, 0.1) is 0 Å². The summed E-state index contributed by atoms with van der Waals surface area (Å²) in [5.74, 6) is 0.905. The third kappa shape index (κ3) is 2.12. The molecule has 110 valence electrons. The van der Waals surface area contributed by atoms with Crippen LogP contribution in [0.2, 0.25) is 0 Å². The maximum Gasteiger partial charge on any atom is 0.223 e. The van der Waals surface area contributed by atoms with Crippen LogP contribution in [0.1, 0.15) is 12.5 Å². The summed E-state index contributed by atoms with van der Waals surface area (Å²) >= 11 is 1.60. The fraction of sp³-hybridized carbons (Fsp3) is 0.188. The van der Waals surface area contributed by atoms with Gasteiger partial charge in [0.25, 0.3) is 0 Å². The van der Waals surface area contributed by atoms with Crippen molar-refractivity contribution in [2.45, 2.75) is 13.3 Å². The molecule has 4 rings (SSSR count). The van der Waals surface area contributed by atoms with Gasteiger partial charge in [-0.1, -0.05) is 0 Å². The summed E-state index contributed by atoms with van der Waals surface area (Å²) in [5.41, 5.74) is 3.19. The molecule has 3 aromatic rings. The number of carbonyl (C=O) groups is 1. The standard InChI is InChI=1S/C16H14N4OS/c1-10(21)20-6-4-11-8-12(2-3-14(11)20)19-15-13-5-7-22-16(13)18-9-17-15/h2-3,5,7-9H,4,6H2,1H3,(H,17,18,19). The molecule has 2 aromatic heterocycles. The van der Waals surface area contributed by atoms with Crippen LogP contribution in [0.15, 0.2) is 36.0 Å². The predicted octanol–water partition coefficient (Wildman–Crippen LogP) is 3.34. The van der Waals surface area contributed by atoms with E-state index in [9.17, 15) is 4.79 Å². The summed E-state index contributed by atoms with van der Waals surface area (Å²) in [6, 6.07) is 8.10. The summed E-state index contributed by atoms with van der Waals surface area (Å²) in [5, 5.41) is 6.40. The topological polar surface area (TPSA) is 58.1 Å². The van der Waals surface area contributed by atoms with E-state index in [0.29, 0.717) is 0 Å². The van der Waals surface area contributed by atoms with E-state index in [1.165, 1.54) is 5.56 Å². The third-order valence-electron chi connectivity index (χ3n) is 3.88. The van der Waals surface area contributed by atoms with Crippen LogP contribution in [-0.4, -0.2) is 22.4 Å². The van der Waals surface area contributed by atoms with E-state index < -0.39 is 0 Å². The Balaban J connectivity index is 1.68. The zero-order valence-electron chi connectivity index (χ0n) is 12.0. The molecular formula is C16H14N4OS. The number of rotatable bonds is 2. The van der Waals surface area contributed by atoms with Crippen molar-refractivity contribution in [2.75, 3.05) is 16.8 Å². The first-order valence-corrected chi connectivity index (χ1v) is 7.96. The highest BCUT2D eigenvalue weighted by Crippen LogP contribution is 2.32. The van der Waals surface area contributed by atoms with Crippen molar-refractivity contribution >= 4 is 44.7 Å². The highest BCUT2D eigenvalue weighted by molar-refractivity contribution is 7.16. The van der Waals surface area contributed by atoms with Gasteiger partial charge in [0.2, 0.25) is 5.91 Å². The van der Waals surface area contributed by atoms with Crippen molar-refractivity contribution in [1.29, 1.82) is 0 Å². The average Bonchev–Trinajstić information content (AvgIpc) is 3.13. The molecule has 1 N–H and O–H groups in total. The predicted molar refractivity (Wildman–Crippen MR) is 88.9 cm³/mol. The minimum atomic E-state index is 0.0928. The molecule has 0 saturated heterocycles. The van der Waals surface area contributed by atoms with Crippen LogP contribution in [0.25, 0.3) is 10.2 Å². The zero-order chi connectivity index (χ0) is 15.1. The van der Waals surface area contributed by atoms with Gasteiger partial charge in [-0.15, -0.1) is 11.3 Å². The first-order valence-electron chi connectivity index (χ1n) is 7.08. The molecule has 0 bridgehead atoms. The Kier molecular flexibility index (Phi) is 3.04. The highest BCUT2D eigenvalue weighted by atomic mass is 32.1. The molecule has 5 nitrogen and oxygen atoms in total. The van der Waals surface area contributed by atoms with Gasteiger partial charge in [0.05, 0.1) is 5.39 Å². The fourth-order valence-corrected chi connectivity index (χ4v) is 3.57. The van der Waals surface area contributed by atoms with Gasteiger partial charge in [0, 0.05) is 24.8 Å². The molecule has 1 amide bonds. The number of anilines is 3. The molecule has 1 aromatic carbocycles. The number of benzene rings is 1. The lowest BCUT2D eigenvalue weighted by atomic mass is 10.1. The molecular weight excluding hydrogens is 296 g/mol. The monoisotopic (exact) mass is 310 g/mol. The van der Waals surface area contributed by atoms with Gasteiger partial charge >= 0.3 is 0 Å². The van der Waals surface area contributed by atoms with Crippen molar-refractivity contribution < 1.29 is 4.79 Å². The number of hydrogen-bond donors (Lipinski definition) is 1. The van der Waals surface area contributed by atoms with Gasteiger partial charge in [0.1, 0.15) is 17.0 Å². The Labute approximate surface area is 131 Å². The minimum Gasteiger partial charge on any atom is -0.340 e. The first kappa shape index (κ1) is 13.2. The molecule has 1 aliphatic rings. The number of nitrogens with one attached hydrogen (secondary N) is 1. The molecule has 22 heavy (non-hydrogen) atoms. The number of carbonyl (C=O) groups excluding carboxylic acids is 1. The van der Waals surface area contributed by atoms with Crippen molar-refractivity contribution in [3.05, 3.63) is 41.5 Å². The Bertz CT molecular complexity index is 873. The van der Waals surface area contributed by atoms with E-state index >= 15 is 0 Å². The summed E-state index contributed by atoms with van der Waals surface area (Å²) < 4.78 is 0. The summed E-state index contributed by atoms with van der Waals surface area (Å²) in [4.78, 5) is 23.0. The zero-order valence-corrected chi connectivity index (χ0v) is 12.9. The van der Waals surface area contributed by atoms with E-state index in [-0.39, 0.29) is 5.91 Å². The lowest BCUT2D eigenvalue weighted by Crippen LogP contribution is -2.25. The normalized spacial score (nSPS) is 13.4. The number of aromatic nitrogens is 2. The lowest BCUT2D eigenvalue weighted by molar-refractivity contribution is -0.116. The average molecular weight is 310 g/mol. The van der Waals surface area contributed by atoms with Crippen molar-refractivity contribution in [1.82, 2.24) is 9.97 Å². The van der Waals surface area contributed by atoms with E-state index in [1.807, 2.05) is 28.5 Å². The quantitative estimate of drug-likeness (QED) is 0.788. The number of hydrogen-bond acceptors (Lipinski definition) is 5. The van der Waals surface area contributed by atoms with E-state index in [2.05, 4.69) is 21.4 Å². The van der Waals surface area contributed by atoms with Crippen LogP contribution in [0.3, 0.4) is 0 Å². The van der Waals surface area contributed by atoms with E-state index in [0.717, 1.165) is 40.4 Å². The van der Waals surface area contributed by atoms with Gasteiger partial charge in [-0.05, 0) is 41.6 Å². The molecule has 0 unspecified atom stereocenters. The van der Waals surface area contributed by atoms with Gasteiger partial charge in [-0.25, -0.2) is 9.97 Å². The Morgan fingerprint density at radius 3 is 3.09 bits per heavy atom. The second-order valence-corrected chi connectivity index (χ2v) is 6.15. The van der Waals surface area contributed by atoms with Crippen LogP contribution in [0.4, 0.5) is 17.2 Å². The molecule has 0 fully saturated rings. The highest BCUT2D eigenvalue weighted by Gasteiger charge is 2.22. The summed E-state index contributed by atoms with van der Waals surface area (Å²) in [6.45, 7) is 2.37. The first-order chi connectivity index (χ1) is 10.7. The largest absolute Gasteiger partial charge is 0.340 e. The number of nitrogens with zero attached hydrogens (tertiary/aromatic N) is 3. The van der Waals surface area contributed by atoms with Crippen molar-refractivity contribution in [3.8, 4) is 0 Å². The minimum absolute atomic E-state index is 0.0928. The summed E-state index contributed by atoms with van der Waals surface area (Å²) in [6.07, 6.45) is 2.47. The maximum absolute atomic E-state index is 11.6. The molecule has 6 heteroatoms. The fourth-order valence-electron chi connectivity index (χ4n) is 2.83. The van der Waals surface area contributed by atoms with Gasteiger partial charge < -0.3 is 10.2 Å². The third-order valence-corrected chi connectivity index (χ3v) is 4.70. The maximum atomic E-state index is 11.6. The van der Waals surface area contributed by atoms with Crippen LogP contribution in [0.5, 0.6) is 0 Å². The second-order valence-electron chi connectivity index (χ2n) is 5.25. The van der Waals surface area contributed by atoms with E-state index in [4.69, 9.17) is 0 Å². The van der Waals surface area contributed by atoms with Gasteiger partial charge in [-0.3, -0.25) is 4.79 Å². The molecule has 1 aliphatic heterocycles. The number of amides is 1. The molecule has 0 saturated carbocycles. The molecule has 0 spiro atoms. The van der Waals surface area contributed by atoms with Crippen molar-refractivity contribution in [2.24, 2.45) is 0 Å². The lowest BCUT2D eigenvalue weighted by Gasteiger charge is -2.15. The molecule has 0 atom stereocenters. The van der Waals surface area contributed by atoms with Crippen molar-refractivity contribution in [3.63, 3.8) is 0 Å². The summed E-state index contributed by atoms with van der Waals surface area (Å²) in [7, 11) is 0. The molecule has 0 aliphatic carbocycles. The molecule has 0 radical (unpaired) electrons. The number of thiophene rings is 1. The number of fused-ring (bicyclic) bond motifs is 2. The Morgan fingerprint density at radius 1 is 1.32 bits per heavy atom. The smallest absolute Gasteiger partial charge is 0.223 e. The second kappa shape index (κ2) is 5.06.